The zero-order valence-corrected chi connectivity index (χ0v) is 11.2. The van der Waals surface area contributed by atoms with E-state index in [0.717, 1.165) is 16.3 Å². The van der Waals surface area contributed by atoms with Gasteiger partial charge in [-0.15, -0.1) is 0 Å². The molecule has 1 aromatic rings. The van der Waals surface area contributed by atoms with E-state index < -0.39 is 0 Å². The smallest absolute Gasteiger partial charge is 0.165 e. The highest BCUT2D eigenvalue weighted by Crippen LogP contribution is 2.48. The number of rotatable bonds is 3. The molecule has 0 amide bonds. The molecule has 0 heterocycles. The van der Waals surface area contributed by atoms with Crippen LogP contribution in [0.3, 0.4) is 0 Å². The molecule has 0 saturated heterocycles. The van der Waals surface area contributed by atoms with Gasteiger partial charge in [-0.05, 0) is 55.2 Å². The second-order valence-electron chi connectivity index (χ2n) is 5.32. The summed E-state index contributed by atoms with van der Waals surface area (Å²) < 4.78 is 20.0. The van der Waals surface area contributed by atoms with Crippen molar-refractivity contribution < 1.29 is 9.13 Å². The topological polar surface area (TPSA) is 9.23 Å². The second kappa shape index (κ2) is 4.60. The fraction of sp³-hybridized carbons (Fsp3) is 0.571. The van der Waals surface area contributed by atoms with Gasteiger partial charge in [-0.25, -0.2) is 4.39 Å². The van der Waals surface area contributed by atoms with E-state index in [9.17, 15) is 4.39 Å². The molecular weight excluding hydrogens is 283 g/mol. The summed E-state index contributed by atoms with van der Waals surface area (Å²) in [5.74, 6) is 2.50. The molecule has 2 fully saturated rings. The third-order valence-corrected chi connectivity index (χ3v) is 4.72. The minimum Gasteiger partial charge on any atom is -0.490 e. The first kappa shape index (κ1) is 11.5. The lowest BCUT2D eigenvalue weighted by Gasteiger charge is -2.21. The van der Waals surface area contributed by atoms with Crippen molar-refractivity contribution in [1.82, 2.24) is 0 Å². The Morgan fingerprint density at radius 2 is 2.18 bits per heavy atom. The van der Waals surface area contributed by atoms with Crippen LogP contribution in [0.1, 0.15) is 25.7 Å². The lowest BCUT2D eigenvalue weighted by atomic mass is 9.89. The van der Waals surface area contributed by atoms with Crippen molar-refractivity contribution in [2.45, 2.75) is 25.7 Å². The van der Waals surface area contributed by atoms with E-state index in [1.807, 2.05) is 0 Å². The summed E-state index contributed by atoms with van der Waals surface area (Å²) in [6.45, 7) is 0.675. The first-order chi connectivity index (χ1) is 8.22. The van der Waals surface area contributed by atoms with Gasteiger partial charge in [-0.3, -0.25) is 0 Å². The van der Waals surface area contributed by atoms with Crippen molar-refractivity contribution in [3.8, 4) is 5.75 Å². The van der Waals surface area contributed by atoms with Crippen LogP contribution in [-0.4, -0.2) is 6.61 Å². The van der Waals surface area contributed by atoms with Crippen molar-refractivity contribution in [3.05, 3.63) is 28.5 Å². The van der Waals surface area contributed by atoms with Crippen LogP contribution in [0, 0.1) is 23.6 Å². The van der Waals surface area contributed by atoms with E-state index in [-0.39, 0.29) is 5.82 Å². The number of hydrogen-bond acceptors (Lipinski definition) is 1. The number of fused-ring (bicyclic) bond motifs is 2. The maximum Gasteiger partial charge on any atom is 0.165 e. The summed E-state index contributed by atoms with van der Waals surface area (Å²) in [4.78, 5) is 0. The van der Waals surface area contributed by atoms with Crippen molar-refractivity contribution in [2.24, 2.45) is 17.8 Å². The predicted octanol–water partition coefficient (Wildman–Crippen LogP) is 4.40. The molecule has 3 atom stereocenters. The number of halogens is 2. The molecule has 92 valence electrons. The van der Waals surface area contributed by atoms with E-state index in [4.69, 9.17) is 4.74 Å². The first-order valence-electron chi connectivity index (χ1n) is 6.30. The molecule has 2 bridgehead atoms. The fourth-order valence-electron chi connectivity index (χ4n) is 3.37. The summed E-state index contributed by atoms with van der Waals surface area (Å²) >= 11 is 3.34. The molecule has 1 aromatic carbocycles. The molecule has 3 heteroatoms. The first-order valence-corrected chi connectivity index (χ1v) is 7.09. The number of hydrogen-bond donors (Lipinski definition) is 0. The average molecular weight is 299 g/mol. The third kappa shape index (κ3) is 2.35. The number of ether oxygens (including phenoxy) is 1. The van der Waals surface area contributed by atoms with Gasteiger partial charge in [0.25, 0.3) is 0 Å². The Bertz CT molecular complexity index is 421. The molecule has 0 spiro atoms. The highest BCUT2D eigenvalue weighted by atomic mass is 79.9. The normalized spacial score (nSPS) is 30.8. The highest BCUT2D eigenvalue weighted by Gasteiger charge is 2.39. The Morgan fingerprint density at radius 1 is 1.29 bits per heavy atom. The van der Waals surface area contributed by atoms with Crippen LogP contribution in [0.5, 0.6) is 5.75 Å². The third-order valence-electron chi connectivity index (χ3n) is 4.23. The molecule has 3 unspecified atom stereocenters. The number of benzene rings is 1. The highest BCUT2D eigenvalue weighted by molar-refractivity contribution is 9.10. The maximum absolute atomic E-state index is 13.5. The summed E-state index contributed by atoms with van der Waals surface area (Å²) in [5, 5.41) is 0. The summed E-state index contributed by atoms with van der Waals surface area (Å²) in [6, 6.07) is 4.85. The molecular formula is C14H16BrFO. The Labute approximate surface area is 109 Å². The zero-order valence-electron chi connectivity index (χ0n) is 9.66. The SMILES string of the molecule is Fc1ccc(Br)cc1OCC1CC2CCC1C2. The predicted molar refractivity (Wildman–Crippen MR) is 68.5 cm³/mol. The van der Waals surface area contributed by atoms with E-state index >= 15 is 0 Å². The van der Waals surface area contributed by atoms with Gasteiger partial charge in [0.1, 0.15) is 0 Å². The van der Waals surface area contributed by atoms with Crippen LogP contribution in [0.4, 0.5) is 4.39 Å². The Kier molecular flexibility index (Phi) is 3.12. The van der Waals surface area contributed by atoms with Gasteiger partial charge >= 0.3 is 0 Å². The quantitative estimate of drug-likeness (QED) is 0.803. The fourth-order valence-corrected chi connectivity index (χ4v) is 3.71. The largest absolute Gasteiger partial charge is 0.490 e. The average Bonchev–Trinajstić information content (AvgIpc) is 2.92. The molecule has 0 aliphatic heterocycles. The van der Waals surface area contributed by atoms with Gasteiger partial charge in [-0.2, -0.15) is 0 Å². The van der Waals surface area contributed by atoms with Gasteiger partial charge in [0.05, 0.1) is 6.61 Å². The van der Waals surface area contributed by atoms with Gasteiger partial charge in [0, 0.05) is 4.47 Å². The van der Waals surface area contributed by atoms with E-state index in [2.05, 4.69) is 15.9 Å². The lowest BCUT2D eigenvalue weighted by molar-refractivity contribution is 0.189. The maximum atomic E-state index is 13.5. The van der Waals surface area contributed by atoms with E-state index in [0.29, 0.717) is 18.3 Å². The van der Waals surface area contributed by atoms with Crippen LogP contribution < -0.4 is 4.74 Å². The molecule has 2 aliphatic rings. The molecule has 0 radical (unpaired) electrons. The van der Waals surface area contributed by atoms with Gasteiger partial charge in [0.2, 0.25) is 0 Å². The van der Waals surface area contributed by atoms with Gasteiger partial charge in [0.15, 0.2) is 11.6 Å². The minimum absolute atomic E-state index is 0.267. The molecule has 3 rings (SSSR count). The summed E-state index contributed by atoms with van der Waals surface area (Å²) in [7, 11) is 0. The molecule has 17 heavy (non-hydrogen) atoms. The van der Waals surface area contributed by atoms with Crippen molar-refractivity contribution in [3.63, 3.8) is 0 Å². The van der Waals surface area contributed by atoms with Crippen LogP contribution in [0.15, 0.2) is 22.7 Å². The Balaban J connectivity index is 1.62. The molecule has 0 N–H and O–H groups in total. The summed E-state index contributed by atoms with van der Waals surface area (Å²) in [5.41, 5.74) is 0. The van der Waals surface area contributed by atoms with Gasteiger partial charge in [-0.1, -0.05) is 22.4 Å². The van der Waals surface area contributed by atoms with Crippen LogP contribution in [-0.2, 0) is 0 Å². The Morgan fingerprint density at radius 3 is 2.88 bits per heavy atom. The second-order valence-corrected chi connectivity index (χ2v) is 6.24. The monoisotopic (exact) mass is 298 g/mol. The summed E-state index contributed by atoms with van der Waals surface area (Å²) in [6.07, 6.45) is 5.39. The molecule has 2 aliphatic carbocycles. The van der Waals surface area contributed by atoms with Crippen molar-refractivity contribution in [1.29, 1.82) is 0 Å². The van der Waals surface area contributed by atoms with Crippen LogP contribution in [0.25, 0.3) is 0 Å². The van der Waals surface area contributed by atoms with E-state index in [1.165, 1.54) is 31.7 Å². The molecule has 1 nitrogen and oxygen atoms in total. The molecule has 2 saturated carbocycles. The zero-order chi connectivity index (χ0) is 11.8. The van der Waals surface area contributed by atoms with Crippen molar-refractivity contribution >= 4 is 15.9 Å². The van der Waals surface area contributed by atoms with Gasteiger partial charge < -0.3 is 4.74 Å². The Hall–Kier alpha value is -0.570. The molecule has 0 aromatic heterocycles. The lowest BCUT2D eigenvalue weighted by Crippen LogP contribution is -2.18. The standard InChI is InChI=1S/C14H16BrFO/c15-12-3-4-13(16)14(7-12)17-8-11-6-9-1-2-10(11)5-9/h3-4,7,9-11H,1-2,5-6,8H2. The van der Waals surface area contributed by atoms with Crippen LogP contribution in [0.2, 0.25) is 0 Å². The van der Waals surface area contributed by atoms with Crippen LogP contribution >= 0.6 is 15.9 Å². The van der Waals surface area contributed by atoms with E-state index in [1.54, 1.807) is 12.1 Å². The minimum atomic E-state index is -0.267. The van der Waals surface area contributed by atoms with Crippen molar-refractivity contribution in [2.75, 3.05) is 6.61 Å².